The minimum Gasteiger partial charge on any atom is -0.497 e. The van der Waals surface area contributed by atoms with Crippen LogP contribution in [0.4, 0.5) is 0 Å². The van der Waals surface area contributed by atoms with Gasteiger partial charge in [-0.15, -0.1) is 0 Å². The van der Waals surface area contributed by atoms with Gasteiger partial charge in [-0.3, -0.25) is 4.99 Å². The maximum absolute atomic E-state index is 9.95. The molecule has 0 aliphatic carbocycles. The number of aliphatic hydroxyl groups is 1. The minimum atomic E-state index is -0.560. The molecule has 0 spiro atoms. The van der Waals surface area contributed by atoms with Crippen LogP contribution in [-0.2, 0) is 0 Å². The van der Waals surface area contributed by atoms with Crippen LogP contribution in [0.2, 0.25) is 0 Å². The van der Waals surface area contributed by atoms with Gasteiger partial charge in [0.15, 0.2) is 0 Å². The Labute approximate surface area is 113 Å². The fourth-order valence-corrected chi connectivity index (χ4v) is 1.73. The number of benzene rings is 2. The molecule has 0 saturated heterocycles. The molecule has 0 saturated carbocycles. The lowest BCUT2D eigenvalue weighted by Gasteiger charge is -2.07. The number of rotatable bonds is 5. The van der Waals surface area contributed by atoms with E-state index in [-0.39, 0.29) is 0 Å². The van der Waals surface area contributed by atoms with Gasteiger partial charge in [0.05, 0.1) is 19.8 Å². The Morgan fingerprint density at radius 1 is 1.11 bits per heavy atom. The third-order valence-electron chi connectivity index (χ3n) is 2.82. The Morgan fingerprint density at radius 2 is 1.79 bits per heavy atom. The van der Waals surface area contributed by atoms with Crippen molar-refractivity contribution < 1.29 is 9.84 Å². The number of nitrogens with zero attached hydrogens (tertiary/aromatic N) is 1. The SMILES string of the molecule is COc1ccc(C=NCC(O)c2ccccc2)cc1. The number of hydrogen-bond donors (Lipinski definition) is 1. The van der Waals surface area contributed by atoms with Crippen molar-refractivity contribution in [2.75, 3.05) is 13.7 Å². The van der Waals surface area contributed by atoms with E-state index in [1.807, 2.05) is 54.6 Å². The van der Waals surface area contributed by atoms with Crippen LogP contribution in [0, 0.1) is 0 Å². The first-order chi connectivity index (χ1) is 9.29. The molecule has 0 amide bonds. The van der Waals surface area contributed by atoms with Crippen molar-refractivity contribution in [2.45, 2.75) is 6.10 Å². The van der Waals surface area contributed by atoms with E-state index >= 15 is 0 Å². The first-order valence-electron chi connectivity index (χ1n) is 6.16. The second kappa shape index (κ2) is 6.71. The van der Waals surface area contributed by atoms with Crippen LogP contribution < -0.4 is 4.74 Å². The highest BCUT2D eigenvalue weighted by Crippen LogP contribution is 2.13. The smallest absolute Gasteiger partial charge is 0.118 e. The molecule has 1 atom stereocenters. The average Bonchev–Trinajstić information content (AvgIpc) is 2.49. The maximum Gasteiger partial charge on any atom is 0.118 e. The summed E-state index contributed by atoms with van der Waals surface area (Å²) in [5.74, 6) is 0.821. The summed E-state index contributed by atoms with van der Waals surface area (Å²) in [5.41, 5.74) is 1.87. The van der Waals surface area contributed by atoms with Gasteiger partial charge in [0.2, 0.25) is 0 Å². The molecule has 0 bridgehead atoms. The molecule has 1 unspecified atom stereocenters. The zero-order valence-electron chi connectivity index (χ0n) is 10.9. The van der Waals surface area contributed by atoms with E-state index in [0.29, 0.717) is 6.54 Å². The first kappa shape index (κ1) is 13.3. The second-order valence-electron chi connectivity index (χ2n) is 4.19. The zero-order chi connectivity index (χ0) is 13.5. The Hall–Kier alpha value is -2.13. The third kappa shape index (κ3) is 3.93. The number of methoxy groups -OCH3 is 1. The van der Waals surface area contributed by atoms with E-state index in [0.717, 1.165) is 16.9 Å². The van der Waals surface area contributed by atoms with E-state index in [9.17, 15) is 5.11 Å². The molecule has 0 fully saturated rings. The Balaban J connectivity index is 1.92. The van der Waals surface area contributed by atoms with Crippen molar-refractivity contribution in [2.24, 2.45) is 4.99 Å². The highest BCUT2D eigenvalue weighted by atomic mass is 16.5. The van der Waals surface area contributed by atoms with Gasteiger partial charge < -0.3 is 9.84 Å². The second-order valence-corrected chi connectivity index (χ2v) is 4.19. The van der Waals surface area contributed by atoms with Crippen LogP contribution in [0.5, 0.6) is 5.75 Å². The van der Waals surface area contributed by atoms with Crippen molar-refractivity contribution in [1.82, 2.24) is 0 Å². The van der Waals surface area contributed by atoms with Crippen molar-refractivity contribution in [1.29, 1.82) is 0 Å². The highest BCUT2D eigenvalue weighted by Gasteiger charge is 2.04. The maximum atomic E-state index is 9.95. The van der Waals surface area contributed by atoms with Gasteiger partial charge in [0, 0.05) is 6.21 Å². The zero-order valence-corrected chi connectivity index (χ0v) is 10.9. The molecule has 0 heterocycles. The fraction of sp³-hybridized carbons (Fsp3) is 0.188. The van der Waals surface area contributed by atoms with Gasteiger partial charge in [-0.25, -0.2) is 0 Å². The lowest BCUT2D eigenvalue weighted by Crippen LogP contribution is -2.01. The minimum absolute atomic E-state index is 0.357. The third-order valence-corrected chi connectivity index (χ3v) is 2.82. The van der Waals surface area contributed by atoms with Crippen LogP contribution in [0.1, 0.15) is 17.2 Å². The monoisotopic (exact) mass is 255 g/mol. The molecular formula is C16H17NO2. The molecule has 0 aliphatic heterocycles. The quantitative estimate of drug-likeness (QED) is 0.835. The van der Waals surface area contributed by atoms with Crippen LogP contribution in [0.25, 0.3) is 0 Å². The Kier molecular flexibility index (Phi) is 4.70. The van der Waals surface area contributed by atoms with E-state index in [4.69, 9.17) is 4.74 Å². The van der Waals surface area contributed by atoms with Crippen molar-refractivity contribution in [3.8, 4) is 5.75 Å². The van der Waals surface area contributed by atoms with Crippen molar-refractivity contribution in [3.05, 3.63) is 65.7 Å². The van der Waals surface area contributed by atoms with Crippen molar-refractivity contribution in [3.63, 3.8) is 0 Å². The summed E-state index contributed by atoms with van der Waals surface area (Å²) in [7, 11) is 1.64. The largest absolute Gasteiger partial charge is 0.497 e. The van der Waals surface area contributed by atoms with Gasteiger partial charge in [-0.2, -0.15) is 0 Å². The summed E-state index contributed by atoms with van der Waals surface area (Å²) in [6.07, 6.45) is 1.20. The van der Waals surface area contributed by atoms with Crippen LogP contribution in [-0.4, -0.2) is 25.0 Å². The summed E-state index contributed by atoms with van der Waals surface area (Å²) in [5, 5.41) is 9.95. The van der Waals surface area contributed by atoms with Gasteiger partial charge in [-0.05, 0) is 35.4 Å². The van der Waals surface area contributed by atoms with Gasteiger partial charge in [0.1, 0.15) is 5.75 Å². The van der Waals surface area contributed by atoms with E-state index in [2.05, 4.69) is 4.99 Å². The fourth-order valence-electron chi connectivity index (χ4n) is 1.73. The summed E-state index contributed by atoms with van der Waals surface area (Å²) >= 11 is 0. The Morgan fingerprint density at radius 3 is 2.42 bits per heavy atom. The molecule has 2 rings (SSSR count). The molecule has 0 radical (unpaired) electrons. The number of aliphatic imine (C=N–C) groups is 1. The lowest BCUT2D eigenvalue weighted by atomic mass is 10.1. The first-order valence-corrected chi connectivity index (χ1v) is 6.16. The Bertz CT molecular complexity index is 520. The summed E-state index contributed by atoms with van der Waals surface area (Å²) in [4.78, 5) is 4.26. The molecule has 0 aliphatic rings. The van der Waals surface area contributed by atoms with Crippen LogP contribution in [0.15, 0.2) is 59.6 Å². The molecule has 98 valence electrons. The molecular weight excluding hydrogens is 238 g/mol. The molecule has 3 nitrogen and oxygen atoms in total. The van der Waals surface area contributed by atoms with Crippen LogP contribution >= 0.6 is 0 Å². The van der Waals surface area contributed by atoms with Crippen molar-refractivity contribution >= 4 is 6.21 Å². The predicted molar refractivity (Wildman–Crippen MR) is 76.9 cm³/mol. The molecule has 19 heavy (non-hydrogen) atoms. The summed E-state index contributed by atoms with van der Waals surface area (Å²) in [6, 6.07) is 17.2. The highest BCUT2D eigenvalue weighted by molar-refractivity contribution is 5.79. The lowest BCUT2D eigenvalue weighted by molar-refractivity contribution is 0.187. The molecule has 2 aromatic rings. The molecule has 2 aromatic carbocycles. The van der Waals surface area contributed by atoms with Crippen LogP contribution in [0.3, 0.4) is 0 Å². The van der Waals surface area contributed by atoms with Gasteiger partial charge >= 0.3 is 0 Å². The van der Waals surface area contributed by atoms with E-state index < -0.39 is 6.10 Å². The average molecular weight is 255 g/mol. The summed E-state index contributed by atoms with van der Waals surface area (Å²) < 4.78 is 5.09. The van der Waals surface area contributed by atoms with Gasteiger partial charge in [0.25, 0.3) is 0 Å². The number of ether oxygens (including phenoxy) is 1. The van der Waals surface area contributed by atoms with E-state index in [1.165, 1.54) is 0 Å². The normalized spacial score (nSPS) is 12.5. The number of aliphatic hydroxyl groups excluding tert-OH is 1. The standard InChI is InChI=1S/C16H17NO2/c1-19-15-9-7-13(8-10-15)11-17-12-16(18)14-5-3-2-4-6-14/h2-11,16,18H,12H2,1H3. The number of hydrogen-bond acceptors (Lipinski definition) is 3. The topological polar surface area (TPSA) is 41.8 Å². The van der Waals surface area contributed by atoms with Gasteiger partial charge in [-0.1, -0.05) is 30.3 Å². The molecule has 3 heteroatoms. The predicted octanol–water partition coefficient (Wildman–Crippen LogP) is 2.85. The molecule has 0 aromatic heterocycles. The molecule has 1 N–H and O–H groups in total. The summed E-state index contributed by atoms with van der Waals surface area (Å²) in [6.45, 7) is 0.357. The van der Waals surface area contributed by atoms with E-state index in [1.54, 1.807) is 13.3 Å².